The van der Waals surface area contributed by atoms with Crippen molar-refractivity contribution < 1.29 is 9.53 Å². The fourth-order valence-electron chi connectivity index (χ4n) is 0.865. The van der Waals surface area contributed by atoms with Gasteiger partial charge in [-0.3, -0.25) is 5.32 Å². The van der Waals surface area contributed by atoms with Crippen LogP contribution in [0.25, 0.3) is 0 Å². The molecule has 1 aromatic rings. The van der Waals surface area contributed by atoms with Crippen LogP contribution in [-0.4, -0.2) is 13.2 Å². The van der Waals surface area contributed by atoms with Gasteiger partial charge in [-0.2, -0.15) is 0 Å². The molecule has 14 heavy (non-hydrogen) atoms. The predicted molar refractivity (Wildman–Crippen MR) is 62.3 cm³/mol. The molecule has 0 saturated carbocycles. The van der Waals surface area contributed by atoms with Gasteiger partial charge in [0.1, 0.15) is 0 Å². The Kier molecular flexibility index (Phi) is 3.77. The van der Waals surface area contributed by atoms with Crippen LogP contribution in [0.3, 0.4) is 0 Å². The highest BCUT2D eigenvalue weighted by Gasteiger charge is 2.09. The smallest absolute Gasteiger partial charge is 0.411 e. The highest BCUT2D eigenvalue weighted by molar-refractivity contribution is 9.11. The monoisotopic (exact) mass is 322 g/mol. The number of methoxy groups -OCH3 is 1. The van der Waals surface area contributed by atoms with Gasteiger partial charge in [0, 0.05) is 14.6 Å². The number of carbonyl (C=O) groups is 1. The van der Waals surface area contributed by atoms with Crippen LogP contribution in [-0.2, 0) is 4.74 Å². The third-order valence-corrected chi connectivity index (χ3v) is 2.73. The first kappa shape index (κ1) is 11.3. The molecule has 0 aliphatic carbocycles. The van der Waals surface area contributed by atoms with Crippen LogP contribution in [0.15, 0.2) is 21.1 Å². The molecule has 0 aliphatic rings. The molecule has 0 spiro atoms. The number of hydrogen-bond donors (Lipinski definition) is 2. The van der Waals surface area contributed by atoms with E-state index in [9.17, 15) is 4.79 Å². The maximum Gasteiger partial charge on any atom is 0.411 e. The molecule has 0 heterocycles. The highest BCUT2D eigenvalue weighted by Crippen LogP contribution is 2.33. The number of benzene rings is 1. The van der Waals surface area contributed by atoms with E-state index >= 15 is 0 Å². The third-order valence-electron chi connectivity index (χ3n) is 1.48. The normalized spacial score (nSPS) is 9.64. The molecule has 0 radical (unpaired) electrons. The number of anilines is 2. The van der Waals surface area contributed by atoms with Gasteiger partial charge in [0.15, 0.2) is 0 Å². The summed E-state index contributed by atoms with van der Waals surface area (Å²) in [5.74, 6) is 0. The van der Waals surface area contributed by atoms with Crippen molar-refractivity contribution in [3.63, 3.8) is 0 Å². The Morgan fingerprint density at radius 1 is 1.43 bits per heavy atom. The summed E-state index contributed by atoms with van der Waals surface area (Å²) in [4.78, 5) is 11.0. The van der Waals surface area contributed by atoms with E-state index in [0.29, 0.717) is 20.3 Å². The van der Waals surface area contributed by atoms with Crippen molar-refractivity contribution >= 4 is 49.3 Å². The van der Waals surface area contributed by atoms with Crippen molar-refractivity contribution in [1.29, 1.82) is 0 Å². The van der Waals surface area contributed by atoms with Crippen molar-refractivity contribution in [3.8, 4) is 0 Å². The van der Waals surface area contributed by atoms with Gasteiger partial charge in [0.2, 0.25) is 0 Å². The summed E-state index contributed by atoms with van der Waals surface area (Å²) in [5, 5.41) is 2.54. The van der Waals surface area contributed by atoms with Crippen LogP contribution in [0, 0.1) is 0 Å². The first-order valence-electron chi connectivity index (χ1n) is 3.64. The zero-order chi connectivity index (χ0) is 10.7. The lowest BCUT2D eigenvalue weighted by Gasteiger charge is -2.09. The van der Waals surface area contributed by atoms with Gasteiger partial charge in [0.05, 0.1) is 12.8 Å². The second-order valence-corrected chi connectivity index (χ2v) is 4.18. The number of nitrogens with one attached hydrogen (secondary N) is 1. The molecule has 0 fully saturated rings. The van der Waals surface area contributed by atoms with E-state index in [1.165, 1.54) is 7.11 Å². The van der Waals surface area contributed by atoms with E-state index in [0.717, 1.165) is 0 Å². The van der Waals surface area contributed by atoms with E-state index < -0.39 is 6.09 Å². The molecule has 1 amide bonds. The number of halogens is 2. The van der Waals surface area contributed by atoms with Gasteiger partial charge in [-0.1, -0.05) is 0 Å². The van der Waals surface area contributed by atoms with Gasteiger partial charge < -0.3 is 10.5 Å². The van der Waals surface area contributed by atoms with Crippen LogP contribution in [0.4, 0.5) is 16.2 Å². The molecule has 0 aromatic heterocycles. The second kappa shape index (κ2) is 4.65. The van der Waals surface area contributed by atoms with Gasteiger partial charge in [-0.15, -0.1) is 0 Å². The second-order valence-electron chi connectivity index (χ2n) is 2.48. The number of rotatable bonds is 1. The summed E-state index contributed by atoms with van der Waals surface area (Å²) in [5.41, 5.74) is 6.77. The van der Waals surface area contributed by atoms with E-state index in [1.54, 1.807) is 12.1 Å². The average Bonchev–Trinajstić information content (AvgIpc) is 2.10. The zero-order valence-corrected chi connectivity index (χ0v) is 10.5. The lowest BCUT2D eigenvalue weighted by Crippen LogP contribution is -2.12. The molecular weight excluding hydrogens is 316 g/mol. The Morgan fingerprint density at radius 2 is 1.93 bits per heavy atom. The molecule has 0 aliphatic heterocycles. The Bertz CT molecular complexity index is 345. The molecule has 0 saturated heterocycles. The number of nitrogens with two attached hydrogens (primary N) is 1. The summed E-state index contributed by atoms with van der Waals surface area (Å²) in [7, 11) is 1.30. The molecule has 0 atom stereocenters. The van der Waals surface area contributed by atoms with Crippen molar-refractivity contribution in [1.82, 2.24) is 0 Å². The Morgan fingerprint density at radius 3 is 2.36 bits per heavy atom. The number of ether oxygens (including phenoxy) is 1. The van der Waals surface area contributed by atoms with Crippen LogP contribution in [0.1, 0.15) is 0 Å². The van der Waals surface area contributed by atoms with Gasteiger partial charge in [0.25, 0.3) is 0 Å². The quantitative estimate of drug-likeness (QED) is 0.781. The zero-order valence-electron chi connectivity index (χ0n) is 7.30. The van der Waals surface area contributed by atoms with E-state index in [1.807, 2.05) is 0 Å². The first-order chi connectivity index (χ1) is 6.54. The summed E-state index contributed by atoms with van der Waals surface area (Å²) >= 11 is 6.55. The minimum atomic E-state index is -0.531. The molecule has 4 nitrogen and oxygen atoms in total. The SMILES string of the molecule is COC(=O)Nc1c(Br)cc(N)cc1Br. The summed E-state index contributed by atoms with van der Waals surface area (Å²) in [6.45, 7) is 0. The lowest BCUT2D eigenvalue weighted by atomic mass is 10.3. The average molecular weight is 324 g/mol. The van der Waals surface area contributed by atoms with Crippen molar-refractivity contribution in [2.24, 2.45) is 0 Å². The van der Waals surface area contributed by atoms with Crippen LogP contribution >= 0.6 is 31.9 Å². The summed E-state index contributed by atoms with van der Waals surface area (Å²) in [6.07, 6.45) is -0.531. The lowest BCUT2D eigenvalue weighted by molar-refractivity contribution is 0.187. The van der Waals surface area contributed by atoms with Crippen molar-refractivity contribution in [2.45, 2.75) is 0 Å². The number of nitrogen functional groups attached to an aromatic ring is 1. The van der Waals surface area contributed by atoms with E-state index in [-0.39, 0.29) is 0 Å². The Balaban J connectivity index is 3.02. The predicted octanol–water partition coefficient (Wildman–Crippen LogP) is 2.97. The highest BCUT2D eigenvalue weighted by atomic mass is 79.9. The molecule has 1 rings (SSSR count). The summed E-state index contributed by atoms with van der Waals surface area (Å²) < 4.78 is 5.85. The maximum absolute atomic E-state index is 11.0. The molecule has 1 aromatic carbocycles. The molecule has 6 heteroatoms. The Hall–Kier alpha value is -0.750. The molecule has 76 valence electrons. The molecule has 0 unspecified atom stereocenters. The first-order valence-corrected chi connectivity index (χ1v) is 5.22. The molecular formula is C8H8Br2N2O2. The van der Waals surface area contributed by atoms with Crippen molar-refractivity contribution in [3.05, 3.63) is 21.1 Å². The molecule has 0 bridgehead atoms. The fourth-order valence-corrected chi connectivity index (χ4v) is 2.29. The van der Waals surface area contributed by atoms with Gasteiger partial charge >= 0.3 is 6.09 Å². The van der Waals surface area contributed by atoms with Gasteiger partial charge in [-0.05, 0) is 44.0 Å². The minimum absolute atomic E-state index is 0.531. The van der Waals surface area contributed by atoms with Crippen LogP contribution in [0.2, 0.25) is 0 Å². The minimum Gasteiger partial charge on any atom is -0.453 e. The van der Waals surface area contributed by atoms with E-state index in [4.69, 9.17) is 5.73 Å². The third kappa shape index (κ3) is 2.62. The number of amides is 1. The number of hydrogen-bond acceptors (Lipinski definition) is 3. The topological polar surface area (TPSA) is 64.3 Å². The maximum atomic E-state index is 11.0. The van der Waals surface area contributed by atoms with Crippen LogP contribution in [0.5, 0.6) is 0 Å². The standard InChI is InChI=1S/C8H8Br2N2O2/c1-14-8(13)12-7-5(9)2-4(11)3-6(7)10/h2-3H,11H2,1H3,(H,12,13). The van der Waals surface area contributed by atoms with Gasteiger partial charge in [-0.25, -0.2) is 4.79 Å². The van der Waals surface area contributed by atoms with Crippen LogP contribution < -0.4 is 11.1 Å². The van der Waals surface area contributed by atoms with E-state index in [2.05, 4.69) is 41.9 Å². The fraction of sp³-hybridized carbons (Fsp3) is 0.125. The Labute approximate surface area is 98.1 Å². The largest absolute Gasteiger partial charge is 0.453 e. The number of carbonyl (C=O) groups excluding carboxylic acids is 1. The molecule has 3 N–H and O–H groups in total. The summed E-state index contributed by atoms with van der Waals surface area (Å²) in [6, 6.07) is 3.38. The van der Waals surface area contributed by atoms with Crippen molar-refractivity contribution in [2.75, 3.05) is 18.2 Å².